The molecule has 1 aromatic rings. The van der Waals surface area contributed by atoms with E-state index in [1.807, 2.05) is 0 Å². The van der Waals surface area contributed by atoms with E-state index in [9.17, 15) is 0 Å². The van der Waals surface area contributed by atoms with Crippen LogP contribution in [0.3, 0.4) is 0 Å². The van der Waals surface area contributed by atoms with Crippen LogP contribution in [0, 0.1) is 6.92 Å². The molecule has 0 unspecified atom stereocenters. The Morgan fingerprint density at radius 1 is 1.47 bits per heavy atom. The highest BCUT2D eigenvalue weighted by molar-refractivity contribution is 5.79. The zero-order valence-electron chi connectivity index (χ0n) is 10.6. The van der Waals surface area contributed by atoms with Crippen molar-refractivity contribution in [2.45, 2.75) is 26.7 Å². The first kappa shape index (κ1) is 13.4. The minimum absolute atomic E-state index is 0.297. The molecule has 1 aromatic carbocycles. The average molecular weight is 235 g/mol. The molecule has 0 saturated carbocycles. The fourth-order valence-electron chi connectivity index (χ4n) is 1.80. The number of nitrogens with zero attached hydrogens (tertiary/aromatic N) is 2. The highest BCUT2D eigenvalue weighted by atomic mass is 16.4. The smallest absolute Gasteiger partial charge is 0.139 e. The van der Waals surface area contributed by atoms with Gasteiger partial charge in [0.05, 0.1) is 0 Å². The number of hydrogen-bond donors (Lipinski definition) is 2. The van der Waals surface area contributed by atoms with E-state index in [4.69, 9.17) is 10.9 Å². The third-order valence-corrected chi connectivity index (χ3v) is 2.74. The Labute approximate surface area is 103 Å². The van der Waals surface area contributed by atoms with Gasteiger partial charge in [0.15, 0.2) is 0 Å². The molecule has 0 amide bonds. The molecule has 3 N–H and O–H groups in total. The summed E-state index contributed by atoms with van der Waals surface area (Å²) >= 11 is 0. The summed E-state index contributed by atoms with van der Waals surface area (Å²) in [4.78, 5) is 2.29. The molecule has 0 aromatic heterocycles. The van der Waals surface area contributed by atoms with E-state index in [-0.39, 0.29) is 0 Å². The normalized spacial score (nSPS) is 11.5. The molecule has 0 spiro atoms. The van der Waals surface area contributed by atoms with Crippen molar-refractivity contribution in [2.24, 2.45) is 10.9 Å². The quantitative estimate of drug-likeness (QED) is 0.344. The zero-order chi connectivity index (χ0) is 12.7. The topological polar surface area (TPSA) is 61.8 Å². The molecule has 0 aliphatic rings. The van der Waals surface area contributed by atoms with Crippen molar-refractivity contribution in [1.29, 1.82) is 0 Å². The molecular formula is C13H21N3O. The summed E-state index contributed by atoms with van der Waals surface area (Å²) < 4.78 is 0. The van der Waals surface area contributed by atoms with Gasteiger partial charge in [0.25, 0.3) is 0 Å². The third-order valence-electron chi connectivity index (χ3n) is 2.74. The van der Waals surface area contributed by atoms with E-state index in [1.54, 1.807) is 0 Å². The minimum atomic E-state index is 0.297. The van der Waals surface area contributed by atoms with Crippen LogP contribution in [0.15, 0.2) is 29.4 Å². The molecule has 4 nitrogen and oxygen atoms in total. The van der Waals surface area contributed by atoms with Crippen LogP contribution >= 0.6 is 0 Å². The number of rotatable bonds is 6. The van der Waals surface area contributed by atoms with Crippen LogP contribution in [-0.4, -0.2) is 24.1 Å². The van der Waals surface area contributed by atoms with Gasteiger partial charge in [-0.1, -0.05) is 17.3 Å². The maximum Gasteiger partial charge on any atom is 0.139 e. The molecule has 94 valence electrons. The molecule has 0 radical (unpaired) electrons. The van der Waals surface area contributed by atoms with E-state index in [0.29, 0.717) is 12.3 Å². The summed E-state index contributed by atoms with van der Waals surface area (Å²) in [5.41, 5.74) is 7.94. The summed E-state index contributed by atoms with van der Waals surface area (Å²) in [5, 5.41) is 11.4. The van der Waals surface area contributed by atoms with Crippen molar-refractivity contribution in [2.75, 3.05) is 18.0 Å². The summed E-state index contributed by atoms with van der Waals surface area (Å²) in [6.45, 7) is 6.09. The Hall–Kier alpha value is -1.71. The fraction of sp³-hybridized carbons (Fsp3) is 0.462. The fourth-order valence-corrected chi connectivity index (χ4v) is 1.80. The molecule has 0 saturated heterocycles. The Kier molecular flexibility index (Phi) is 5.33. The molecular weight excluding hydrogens is 214 g/mol. The number of nitrogens with two attached hydrogens (primary N) is 1. The number of aryl methyl sites for hydroxylation is 1. The van der Waals surface area contributed by atoms with Gasteiger partial charge in [-0.3, -0.25) is 0 Å². The first-order chi connectivity index (χ1) is 8.17. The standard InChI is InChI=1S/C13H21N3O/c1-3-16(9-5-8-13(14)15-17)12-7-4-6-11(2)10-12/h4,6-7,10,17H,3,5,8-9H2,1-2H3,(H2,14,15). The zero-order valence-corrected chi connectivity index (χ0v) is 10.6. The second-order valence-electron chi connectivity index (χ2n) is 4.11. The second kappa shape index (κ2) is 6.78. The summed E-state index contributed by atoms with van der Waals surface area (Å²) in [6, 6.07) is 8.44. The summed E-state index contributed by atoms with van der Waals surface area (Å²) in [7, 11) is 0. The first-order valence-corrected chi connectivity index (χ1v) is 5.95. The number of amidine groups is 1. The van der Waals surface area contributed by atoms with Crippen LogP contribution in [0.2, 0.25) is 0 Å². The Morgan fingerprint density at radius 2 is 2.24 bits per heavy atom. The molecule has 0 fully saturated rings. The van der Waals surface area contributed by atoms with Crippen LogP contribution < -0.4 is 10.6 Å². The van der Waals surface area contributed by atoms with Gasteiger partial charge in [-0.15, -0.1) is 0 Å². The molecule has 0 atom stereocenters. The second-order valence-corrected chi connectivity index (χ2v) is 4.11. The Morgan fingerprint density at radius 3 is 2.82 bits per heavy atom. The van der Waals surface area contributed by atoms with Crippen molar-refractivity contribution in [3.05, 3.63) is 29.8 Å². The van der Waals surface area contributed by atoms with Gasteiger partial charge in [0.2, 0.25) is 0 Å². The van der Waals surface area contributed by atoms with Crippen LogP contribution in [0.1, 0.15) is 25.3 Å². The Balaban J connectivity index is 2.54. The lowest BCUT2D eigenvalue weighted by atomic mass is 10.2. The molecule has 0 aliphatic carbocycles. The van der Waals surface area contributed by atoms with Crippen molar-refractivity contribution >= 4 is 11.5 Å². The summed E-state index contributed by atoms with van der Waals surface area (Å²) in [6.07, 6.45) is 1.51. The van der Waals surface area contributed by atoms with Crippen LogP contribution in [0.25, 0.3) is 0 Å². The maximum absolute atomic E-state index is 8.46. The minimum Gasteiger partial charge on any atom is -0.409 e. The average Bonchev–Trinajstić information content (AvgIpc) is 2.34. The van der Waals surface area contributed by atoms with Crippen molar-refractivity contribution in [3.63, 3.8) is 0 Å². The lowest BCUT2D eigenvalue weighted by molar-refractivity contribution is 0.316. The molecule has 1 rings (SSSR count). The highest BCUT2D eigenvalue weighted by Gasteiger charge is 2.04. The lowest BCUT2D eigenvalue weighted by Crippen LogP contribution is -2.25. The third kappa shape index (κ3) is 4.34. The summed E-state index contributed by atoms with van der Waals surface area (Å²) in [5.74, 6) is 0.297. The van der Waals surface area contributed by atoms with Crippen LogP contribution in [0.4, 0.5) is 5.69 Å². The van der Waals surface area contributed by atoms with E-state index in [2.05, 4.69) is 48.2 Å². The van der Waals surface area contributed by atoms with Gasteiger partial charge in [0.1, 0.15) is 5.84 Å². The molecule has 0 heterocycles. The van der Waals surface area contributed by atoms with Gasteiger partial charge in [0, 0.05) is 25.2 Å². The first-order valence-electron chi connectivity index (χ1n) is 5.95. The van der Waals surface area contributed by atoms with Crippen LogP contribution in [0.5, 0.6) is 0 Å². The van der Waals surface area contributed by atoms with Crippen LogP contribution in [-0.2, 0) is 0 Å². The predicted octanol–water partition coefficient (Wildman–Crippen LogP) is 2.35. The van der Waals surface area contributed by atoms with E-state index in [0.717, 1.165) is 19.5 Å². The van der Waals surface area contributed by atoms with E-state index >= 15 is 0 Å². The van der Waals surface area contributed by atoms with Gasteiger partial charge < -0.3 is 15.8 Å². The molecule has 4 heteroatoms. The van der Waals surface area contributed by atoms with Gasteiger partial charge in [-0.25, -0.2) is 0 Å². The highest BCUT2D eigenvalue weighted by Crippen LogP contribution is 2.16. The SMILES string of the molecule is CCN(CCC/C(N)=N/O)c1cccc(C)c1. The van der Waals surface area contributed by atoms with Crippen molar-refractivity contribution < 1.29 is 5.21 Å². The van der Waals surface area contributed by atoms with E-state index < -0.39 is 0 Å². The largest absolute Gasteiger partial charge is 0.409 e. The van der Waals surface area contributed by atoms with Crippen molar-refractivity contribution in [3.8, 4) is 0 Å². The molecule has 0 aliphatic heterocycles. The lowest BCUT2D eigenvalue weighted by Gasteiger charge is -2.23. The Bertz CT molecular complexity index is 377. The number of benzene rings is 1. The van der Waals surface area contributed by atoms with Gasteiger partial charge >= 0.3 is 0 Å². The molecule has 17 heavy (non-hydrogen) atoms. The predicted molar refractivity (Wildman–Crippen MR) is 71.7 cm³/mol. The van der Waals surface area contributed by atoms with Gasteiger partial charge in [-0.05, 0) is 38.0 Å². The monoisotopic (exact) mass is 235 g/mol. The molecule has 0 bridgehead atoms. The van der Waals surface area contributed by atoms with Crippen molar-refractivity contribution in [1.82, 2.24) is 0 Å². The van der Waals surface area contributed by atoms with E-state index in [1.165, 1.54) is 11.3 Å². The number of oxime groups is 1. The maximum atomic E-state index is 8.46. The number of hydrogen-bond acceptors (Lipinski definition) is 3. The number of anilines is 1. The van der Waals surface area contributed by atoms with Gasteiger partial charge in [-0.2, -0.15) is 0 Å².